The first-order valence-electron chi connectivity index (χ1n) is 10.3. The van der Waals surface area contributed by atoms with E-state index >= 15 is 0 Å². The van der Waals surface area contributed by atoms with Crippen molar-refractivity contribution >= 4 is 58.4 Å². The minimum absolute atomic E-state index is 0.0919. The maximum atomic E-state index is 13.2. The first-order chi connectivity index (χ1) is 14.9. The molecule has 1 atom stereocenters. The van der Waals surface area contributed by atoms with Crippen LogP contribution >= 0.6 is 46.6 Å². The summed E-state index contributed by atoms with van der Waals surface area (Å²) in [6, 6.07) is 12.3. The molecule has 0 aliphatic carbocycles. The largest absolute Gasteiger partial charge is 0.355 e. The van der Waals surface area contributed by atoms with Gasteiger partial charge in [-0.1, -0.05) is 47.8 Å². The second-order valence-electron chi connectivity index (χ2n) is 6.95. The Labute approximate surface area is 203 Å². The number of carbonyl (C=O) groups is 2. The molecule has 2 aromatic rings. The summed E-state index contributed by atoms with van der Waals surface area (Å²) in [4.78, 5) is 28.5. The second-order valence-corrected chi connectivity index (χ2v) is 9.37. The molecule has 2 amide bonds. The molecule has 0 saturated carbocycles. The lowest BCUT2D eigenvalue weighted by Gasteiger charge is -2.31. The standard InChI is InChI=1S/C23H27Cl3N2O2S/c1-3-21(23(30)27-4-2)28(15-18-19(25)7-5-8-20(18)26)22(29)9-6-14-31-17-12-10-16(24)11-13-17/h5,7-8,10-13,21H,3-4,6,9,14-15H2,1-2H3,(H,27,30). The van der Waals surface area contributed by atoms with Gasteiger partial charge in [0.15, 0.2) is 0 Å². The molecule has 0 fully saturated rings. The van der Waals surface area contributed by atoms with E-state index in [0.29, 0.717) is 46.4 Å². The van der Waals surface area contributed by atoms with Gasteiger partial charge in [0.2, 0.25) is 11.8 Å². The lowest BCUT2D eigenvalue weighted by Crippen LogP contribution is -2.49. The Kier molecular flexibility index (Phi) is 11.0. The number of likely N-dealkylation sites (N-methyl/N-ethyl adjacent to an activating group) is 1. The van der Waals surface area contributed by atoms with Crippen LogP contribution in [-0.4, -0.2) is 35.1 Å². The average molecular weight is 502 g/mol. The molecule has 0 aromatic heterocycles. The summed E-state index contributed by atoms with van der Waals surface area (Å²) in [5, 5.41) is 4.49. The lowest BCUT2D eigenvalue weighted by atomic mass is 10.1. The number of hydrogen-bond acceptors (Lipinski definition) is 3. The fourth-order valence-electron chi connectivity index (χ4n) is 3.15. The van der Waals surface area contributed by atoms with Crippen LogP contribution in [0.1, 0.15) is 38.7 Å². The van der Waals surface area contributed by atoms with E-state index in [1.165, 1.54) is 0 Å². The monoisotopic (exact) mass is 500 g/mol. The Balaban J connectivity index is 2.09. The van der Waals surface area contributed by atoms with E-state index in [1.54, 1.807) is 34.9 Å². The van der Waals surface area contributed by atoms with Crippen LogP contribution in [0.2, 0.25) is 15.1 Å². The van der Waals surface area contributed by atoms with E-state index in [4.69, 9.17) is 34.8 Å². The zero-order valence-corrected chi connectivity index (χ0v) is 20.8. The van der Waals surface area contributed by atoms with Gasteiger partial charge in [0.05, 0.1) is 0 Å². The van der Waals surface area contributed by atoms with E-state index in [2.05, 4.69) is 5.32 Å². The topological polar surface area (TPSA) is 49.4 Å². The SMILES string of the molecule is CCNC(=O)C(CC)N(Cc1c(Cl)cccc1Cl)C(=O)CCCSc1ccc(Cl)cc1. The Morgan fingerprint density at radius 1 is 1.03 bits per heavy atom. The number of halogens is 3. The van der Waals surface area contributed by atoms with Gasteiger partial charge < -0.3 is 10.2 Å². The Bertz CT molecular complexity index is 857. The zero-order valence-electron chi connectivity index (χ0n) is 17.7. The molecular weight excluding hydrogens is 475 g/mol. The zero-order chi connectivity index (χ0) is 22.8. The number of nitrogens with zero attached hydrogens (tertiary/aromatic N) is 1. The molecule has 0 saturated heterocycles. The van der Waals surface area contributed by atoms with Gasteiger partial charge in [-0.05, 0) is 61.9 Å². The van der Waals surface area contributed by atoms with Gasteiger partial charge in [0.1, 0.15) is 6.04 Å². The van der Waals surface area contributed by atoms with Crippen LogP contribution in [-0.2, 0) is 16.1 Å². The van der Waals surface area contributed by atoms with Crippen molar-refractivity contribution in [1.29, 1.82) is 0 Å². The van der Waals surface area contributed by atoms with Crippen LogP contribution < -0.4 is 5.32 Å². The van der Waals surface area contributed by atoms with E-state index < -0.39 is 6.04 Å². The molecule has 168 valence electrons. The van der Waals surface area contributed by atoms with Crippen molar-refractivity contribution in [2.75, 3.05) is 12.3 Å². The fourth-order valence-corrected chi connectivity index (χ4v) is 4.65. The highest BCUT2D eigenvalue weighted by Crippen LogP contribution is 2.28. The molecule has 8 heteroatoms. The van der Waals surface area contributed by atoms with Gasteiger partial charge in [0, 0.05) is 45.0 Å². The summed E-state index contributed by atoms with van der Waals surface area (Å²) >= 11 is 20.3. The Hall–Kier alpha value is -1.40. The summed E-state index contributed by atoms with van der Waals surface area (Å²) in [6.07, 6.45) is 1.52. The van der Waals surface area contributed by atoms with Crippen LogP contribution in [0.4, 0.5) is 0 Å². The number of nitrogens with one attached hydrogen (secondary N) is 1. The normalized spacial score (nSPS) is 11.8. The third kappa shape index (κ3) is 7.90. The smallest absolute Gasteiger partial charge is 0.242 e. The summed E-state index contributed by atoms with van der Waals surface area (Å²) < 4.78 is 0. The minimum Gasteiger partial charge on any atom is -0.355 e. The average Bonchev–Trinajstić information content (AvgIpc) is 2.74. The van der Waals surface area contributed by atoms with Crippen LogP contribution in [0.3, 0.4) is 0 Å². The van der Waals surface area contributed by atoms with E-state index in [0.717, 1.165) is 10.6 Å². The molecule has 0 bridgehead atoms. The molecular formula is C23H27Cl3N2O2S. The molecule has 2 aromatic carbocycles. The molecule has 0 radical (unpaired) electrons. The molecule has 1 unspecified atom stereocenters. The van der Waals surface area contributed by atoms with Crippen LogP contribution in [0, 0.1) is 0 Å². The van der Waals surface area contributed by atoms with Gasteiger partial charge in [-0.15, -0.1) is 11.8 Å². The quantitative estimate of drug-likeness (QED) is 0.284. The molecule has 31 heavy (non-hydrogen) atoms. The maximum Gasteiger partial charge on any atom is 0.242 e. The van der Waals surface area contributed by atoms with E-state index in [-0.39, 0.29) is 18.4 Å². The van der Waals surface area contributed by atoms with Crippen molar-refractivity contribution < 1.29 is 9.59 Å². The number of rotatable bonds is 11. The minimum atomic E-state index is -0.580. The van der Waals surface area contributed by atoms with Gasteiger partial charge in [-0.3, -0.25) is 9.59 Å². The van der Waals surface area contributed by atoms with Crippen molar-refractivity contribution in [2.24, 2.45) is 0 Å². The Morgan fingerprint density at radius 2 is 1.68 bits per heavy atom. The number of carbonyl (C=O) groups excluding carboxylic acids is 2. The highest BCUT2D eigenvalue weighted by Gasteiger charge is 2.29. The second kappa shape index (κ2) is 13.2. The first kappa shape index (κ1) is 25.9. The number of thioether (sulfide) groups is 1. The molecule has 4 nitrogen and oxygen atoms in total. The fraction of sp³-hybridized carbons (Fsp3) is 0.391. The lowest BCUT2D eigenvalue weighted by molar-refractivity contribution is -0.141. The predicted molar refractivity (Wildman–Crippen MR) is 131 cm³/mol. The molecule has 0 aliphatic heterocycles. The van der Waals surface area contributed by atoms with Gasteiger partial charge in [-0.25, -0.2) is 0 Å². The highest BCUT2D eigenvalue weighted by molar-refractivity contribution is 7.99. The van der Waals surface area contributed by atoms with E-state index in [9.17, 15) is 9.59 Å². The van der Waals surface area contributed by atoms with Crippen molar-refractivity contribution in [1.82, 2.24) is 10.2 Å². The van der Waals surface area contributed by atoms with Gasteiger partial charge in [0.25, 0.3) is 0 Å². The number of amides is 2. The summed E-state index contributed by atoms with van der Waals surface area (Å²) in [5.41, 5.74) is 0.650. The summed E-state index contributed by atoms with van der Waals surface area (Å²) in [6.45, 7) is 4.44. The molecule has 0 aliphatic rings. The van der Waals surface area contributed by atoms with Crippen LogP contribution in [0.15, 0.2) is 47.4 Å². The van der Waals surface area contributed by atoms with Gasteiger partial charge in [-0.2, -0.15) is 0 Å². The predicted octanol–water partition coefficient (Wildman–Crippen LogP) is 6.46. The van der Waals surface area contributed by atoms with Crippen LogP contribution in [0.25, 0.3) is 0 Å². The Morgan fingerprint density at radius 3 is 2.26 bits per heavy atom. The van der Waals surface area contributed by atoms with Crippen molar-refractivity contribution in [3.8, 4) is 0 Å². The van der Waals surface area contributed by atoms with Crippen molar-refractivity contribution in [3.63, 3.8) is 0 Å². The third-order valence-corrected chi connectivity index (χ3v) is 6.80. The van der Waals surface area contributed by atoms with Crippen molar-refractivity contribution in [2.45, 2.75) is 50.6 Å². The third-order valence-electron chi connectivity index (χ3n) is 4.74. The number of hydrogen-bond donors (Lipinski definition) is 1. The summed E-state index contributed by atoms with van der Waals surface area (Å²) in [7, 11) is 0. The van der Waals surface area contributed by atoms with Crippen LogP contribution in [0.5, 0.6) is 0 Å². The molecule has 0 spiro atoms. The van der Waals surface area contributed by atoms with Crippen molar-refractivity contribution in [3.05, 3.63) is 63.1 Å². The molecule has 0 heterocycles. The maximum absolute atomic E-state index is 13.2. The van der Waals surface area contributed by atoms with E-state index in [1.807, 2.05) is 38.1 Å². The summed E-state index contributed by atoms with van der Waals surface area (Å²) in [5.74, 6) is 0.522. The molecule has 1 N–H and O–H groups in total. The number of benzene rings is 2. The highest BCUT2D eigenvalue weighted by atomic mass is 35.5. The molecule has 2 rings (SSSR count). The van der Waals surface area contributed by atoms with Gasteiger partial charge >= 0.3 is 0 Å². The first-order valence-corrected chi connectivity index (χ1v) is 12.4.